The molecular weight excluding hydrogens is 324 g/mol. The second kappa shape index (κ2) is 8.50. The summed E-state index contributed by atoms with van der Waals surface area (Å²) < 4.78 is 26.0. The van der Waals surface area contributed by atoms with E-state index in [2.05, 4.69) is 4.72 Å². The van der Waals surface area contributed by atoms with Crippen LogP contribution < -0.4 is 9.62 Å². The Hall–Kier alpha value is -1.11. The van der Waals surface area contributed by atoms with Crippen LogP contribution in [0.15, 0.2) is 18.2 Å². The molecule has 1 amide bonds. The van der Waals surface area contributed by atoms with Gasteiger partial charge in [0.2, 0.25) is 15.9 Å². The maximum atomic E-state index is 11.8. The van der Waals surface area contributed by atoms with Gasteiger partial charge < -0.3 is 4.90 Å². The average Bonchev–Trinajstić information content (AvgIpc) is 2.42. The SMILES string of the molecule is CCCCS(=O)(=O)NCCN(C(C)=O)c1ccc(Cl)cc1C. The lowest BCUT2D eigenvalue weighted by Crippen LogP contribution is -2.38. The van der Waals surface area contributed by atoms with Crippen LogP contribution in [0.3, 0.4) is 0 Å². The van der Waals surface area contributed by atoms with Crippen molar-refractivity contribution in [1.29, 1.82) is 0 Å². The summed E-state index contributed by atoms with van der Waals surface area (Å²) in [6.45, 7) is 5.73. The molecule has 0 saturated carbocycles. The van der Waals surface area contributed by atoms with Crippen molar-refractivity contribution in [2.24, 2.45) is 0 Å². The molecule has 22 heavy (non-hydrogen) atoms. The third-order valence-electron chi connectivity index (χ3n) is 3.25. The number of aryl methyl sites for hydroxylation is 1. The molecule has 7 heteroatoms. The Kier molecular flexibility index (Phi) is 7.32. The molecule has 0 saturated heterocycles. The molecule has 0 aliphatic heterocycles. The monoisotopic (exact) mass is 346 g/mol. The molecule has 0 atom stereocenters. The lowest BCUT2D eigenvalue weighted by atomic mass is 10.2. The van der Waals surface area contributed by atoms with Gasteiger partial charge in [-0.25, -0.2) is 13.1 Å². The van der Waals surface area contributed by atoms with Gasteiger partial charge in [-0.2, -0.15) is 0 Å². The summed E-state index contributed by atoms with van der Waals surface area (Å²) in [6.07, 6.45) is 1.45. The molecule has 1 N–H and O–H groups in total. The van der Waals surface area contributed by atoms with Crippen LogP contribution in [-0.2, 0) is 14.8 Å². The maximum absolute atomic E-state index is 11.8. The average molecular weight is 347 g/mol. The van der Waals surface area contributed by atoms with Crippen molar-refractivity contribution in [3.8, 4) is 0 Å². The van der Waals surface area contributed by atoms with Crippen molar-refractivity contribution in [3.63, 3.8) is 0 Å². The van der Waals surface area contributed by atoms with Gasteiger partial charge in [0.1, 0.15) is 0 Å². The lowest BCUT2D eigenvalue weighted by Gasteiger charge is -2.23. The second-order valence-electron chi connectivity index (χ2n) is 5.17. The Morgan fingerprint density at radius 1 is 1.36 bits per heavy atom. The highest BCUT2D eigenvalue weighted by atomic mass is 35.5. The zero-order chi connectivity index (χ0) is 16.8. The molecule has 1 rings (SSSR count). The number of amides is 1. The molecule has 0 heterocycles. The molecule has 0 bridgehead atoms. The summed E-state index contributed by atoms with van der Waals surface area (Å²) in [5.74, 6) is -0.0259. The highest BCUT2D eigenvalue weighted by molar-refractivity contribution is 7.89. The number of hydrogen-bond donors (Lipinski definition) is 1. The van der Waals surface area contributed by atoms with E-state index in [9.17, 15) is 13.2 Å². The first-order chi connectivity index (χ1) is 10.3. The summed E-state index contributed by atoms with van der Waals surface area (Å²) in [5, 5.41) is 0.602. The van der Waals surface area contributed by atoms with Crippen LogP contribution in [0.4, 0.5) is 5.69 Å². The van der Waals surface area contributed by atoms with Crippen molar-refractivity contribution in [2.45, 2.75) is 33.6 Å². The lowest BCUT2D eigenvalue weighted by molar-refractivity contribution is -0.116. The number of benzene rings is 1. The fraction of sp³-hybridized carbons (Fsp3) is 0.533. The molecule has 0 spiro atoms. The first-order valence-corrected chi connectivity index (χ1v) is 9.31. The molecule has 1 aromatic rings. The predicted molar refractivity (Wildman–Crippen MR) is 90.9 cm³/mol. The Labute approximate surface area is 137 Å². The van der Waals surface area contributed by atoms with Gasteiger partial charge in [0.05, 0.1) is 5.75 Å². The Morgan fingerprint density at radius 2 is 2.05 bits per heavy atom. The number of rotatable bonds is 8. The van der Waals surface area contributed by atoms with Crippen LogP contribution >= 0.6 is 11.6 Å². The molecule has 1 aromatic carbocycles. The number of sulfonamides is 1. The van der Waals surface area contributed by atoms with Crippen molar-refractivity contribution in [3.05, 3.63) is 28.8 Å². The smallest absolute Gasteiger partial charge is 0.223 e. The zero-order valence-corrected chi connectivity index (χ0v) is 14.8. The summed E-state index contributed by atoms with van der Waals surface area (Å²) in [7, 11) is -3.27. The fourth-order valence-corrected chi connectivity index (χ4v) is 3.53. The van der Waals surface area contributed by atoms with E-state index in [4.69, 9.17) is 11.6 Å². The summed E-state index contributed by atoms with van der Waals surface area (Å²) in [6, 6.07) is 5.26. The highest BCUT2D eigenvalue weighted by Gasteiger charge is 2.15. The van der Waals surface area contributed by atoms with Gasteiger partial charge >= 0.3 is 0 Å². The minimum absolute atomic E-state index is 0.115. The molecule has 0 aliphatic carbocycles. The summed E-state index contributed by atoms with van der Waals surface area (Å²) in [4.78, 5) is 13.4. The Morgan fingerprint density at radius 3 is 2.59 bits per heavy atom. The van der Waals surface area contributed by atoms with Gasteiger partial charge in [-0.15, -0.1) is 0 Å². The number of nitrogens with zero attached hydrogens (tertiary/aromatic N) is 1. The van der Waals surface area contributed by atoms with Crippen molar-refractivity contribution >= 4 is 33.2 Å². The number of carbonyl (C=O) groups excluding carboxylic acids is 1. The third kappa shape index (κ3) is 5.94. The predicted octanol–water partition coefficient (Wildman–Crippen LogP) is 2.72. The minimum atomic E-state index is -3.27. The second-order valence-corrected chi connectivity index (χ2v) is 7.53. The van der Waals surface area contributed by atoms with E-state index < -0.39 is 10.0 Å². The van der Waals surface area contributed by atoms with E-state index in [0.717, 1.165) is 17.7 Å². The molecule has 5 nitrogen and oxygen atoms in total. The van der Waals surface area contributed by atoms with Gasteiger partial charge in [0.25, 0.3) is 0 Å². The Balaban J connectivity index is 2.72. The van der Waals surface area contributed by atoms with E-state index in [0.29, 0.717) is 11.4 Å². The number of unbranched alkanes of at least 4 members (excludes halogenated alkanes) is 1. The fourth-order valence-electron chi connectivity index (χ4n) is 2.09. The molecule has 0 radical (unpaired) electrons. The molecule has 0 unspecified atom stereocenters. The van der Waals surface area contributed by atoms with Crippen LogP contribution in [-0.4, -0.2) is 33.2 Å². The quantitative estimate of drug-likeness (QED) is 0.787. The van der Waals surface area contributed by atoms with Crippen molar-refractivity contribution < 1.29 is 13.2 Å². The molecule has 124 valence electrons. The van der Waals surface area contributed by atoms with Crippen molar-refractivity contribution in [2.75, 3.05) is 23.7 Å². The van der Waals surface area contributed by atoms with E-state index in [1.807, 2.05) is 13.8 Å². The van der Waals surface area contributed by atoms with E-state index in [-0.39, 0.29) is 24.7 Å². The number of hydrogen-bond acceptors (Lipinski definition) is 3. The molecule has 0 aromatic heterocycles. The van der Waals surface area contributed by atoms with E-state index in [1.54, 1.807) is 23.1 Å². The Bertz CT molecular complexity index is 617. The third-order valence-corrected chi connectivity index (χ3v) is 4.96. The summed E-state index contributed by atoms with van der Waals surface area (Å²) >= 11 is 5.92. The molecule has 0 aliphatic rings. The number of carbonyl (C=O) groups is 1. The van der Waals surface area contributed by atoms with Gasteiger partial charge in [-0.05, 0) is 37.1 Å². The number of anilines is 1. The molecular formula is C15H23ClN2O3S. The van der Waals surface area contributed by atoms with Gasteiger partial charge in [0.15, 0.2) is 0 Å². The first kappa shape index (κ1) is 18.9. The number of halogens is 1. The van der Waals surface area contributed by atoms with Crippen molar-refractivity contribution in [1.82, 2.24) is 4.72 Å². The van der Waals surface area contributed by atoms with Gasteiger partial charge in [-0.3, -0.25) is 4.79 Å². The topological polar surface area (TPSA) is 66.5 Å². The largest absolute Gasteiger partial charge is 0.311 e. The van der Waals surface area contributed by atoms with Crippen LogP contribution in [0, 0.1) is 6.92 Å². The van der Waals surface area contributed by atoms with Crippen LogP contribution in [0.1, 0.15) is 32.3 Å². The first-order valence-electron chi connectivity index (χ1n) is 7.28. The van der Waals surface area contributed by atoms with Crippen LogP contribution in [0.2, 0.25) is 5.02 Å². The minimum Gasteiger partial charge on any atom is -0.311 e. The normalized spacial score (nSPS) is 11.5. The van der Waals surface area contributed by atoms with Gasteiger partial charge in [-0.1, -0.05) is 24.9 Å². The van der Waals surface area contributed by atoms with E-state index >= 15 is 0 Å². The number of nitrogens with one attached hydrogen (secondary N) is 1. The summed E-state index contributed by atoms with van der Waals surface area (Å²) in [5.41, 5.74) is 1.61. The maximum Gasteiger partial charge on any atom is 0.223 e. The standard InChI is InChI=1S/C15H23ClN2O3S/c1-4-5-10-22(20,21)17-8-9-18(13(3)19)15-7-6-14(16)11-12(15)2/h6-7,11,17H,4-5,8-10H2,1-3H3. The van der Waals surface area contributed by atoms with Gasteiger partial charge in [0, 0.05) is 30.7 Å². The van der Waals surface area contributed by atoms with Crippen LogP contribution in [0.25, 0.3) is 0 Å². The van der Waals surface area contributed by atoms with E-state index in [1.165, 1.54) is 6.92 Å². The highest BCUT2D eigenvalue weighted by Crippen LogP contribution is 2.23. The molecule has 0 fully saturated rings. The van der Waals surface area contributed by atoms with Crippen LogP contribution in [0.5, 0.6) is 0 Å². The zero-order valence-electron chi connectivity index (χ0n) is 13.2.